The molecule has 6 nitrogen and oxygen atoms in total. The Labute approximate surface area is 163 Å². The van der Waals surface area contributed by atoms with Crippen LogP contribution < -0.4 is 11.1 Å². The normalized spacial score (nSPS) is 10.6. The number of anilines is 1. The predicted molar refractivity (Wildman–Crippen MR) is 103 cm³/mol. The van der Waals surface area contributed by atoms with Crippen LogP contribution in [0.5, 0.6) is 0 Å². The smallest absolute Gasteiger partial charge is 0.303 e. The Bertz CT molecular complexity index is 880. The van der Waals surface area contributed by atoms with Gasteiger partial charge in [0, 0.05) is 38.9 Å². The second kappa shape index (κ2) is 8.53. The number of nitrogens with one attached hydrogen (secondary N) is 1. The number of carboxylic acids is 1. The SMILES string of the molecule is Cc1sc(NC(=O)CCCC(=O)O)c(C(N)=O)c1-c1ccc(Cl)cc1Cl. The summed E-state index contributed by atoms with van der Waals surface area (Å²) < 4.78 is 0. The Hall–Kier alpha value is -2.09. The van der Waals surface area contributed by atoms with Crippen molar-refractivity contribution >= 4 is 57.3 Å². The number of rotatable bonds is 7. The van der Waals surface area contributed by atoms with Crippen molar-refractivity contribution in [3.8, 4) is 11.1 Å². The lowest BCUT2D eigenvalue weighted by atomic mass is 10.0. The highest BCUT2D eigenvalue weighted by Crippen LogP contribution is 2.42. The molecule has 138 valence electrons. The number of carbonyl (C=O) groups excluding carboxylic acids is 2. The zero-order valence-corrected chi connectivity index (χ0v) is 16.1. The summed E-state index contributed by atoms with van der Waals surface area (Å²) >= 11 is 13.4. The first kappa shape index (κ1) is 20.2. The number of amides is 2. The monoisotopic (exact) mass is 414 g/mol. The molecule has 0 saturated heterocycles. The Balaban J connectivity index is 2.36. The van der Waals surface area contributed by atoms with Crippen molar-refractivity contribution in [2.75, 3.05) is 5.32 Å². The van der Waals surface area contributed by atoms with Crippen LogP contribution in [0.1, 0.15) is 34.5 Å². The minimum absolute atomic E-state index is 0.0263. The fourth-order valence-corrected chi connectivity index (χ4v) is 4.07. The highest BCUT2D eigenvalue weighted by molar-refractivity contribution is 7.17. The molecule has 0 aliphatic rings. The highest BCUT2D eigenvalue weighted by atomic mass is 35.5. The molecule has 2 amide bonds. The van der Waals surface area contributed by atoms with Crippen molar-refractivity contribution in [1.82, 2.24) is 0 Å². The maximum atomic E-state index is 12.0. The van der Waals surface area contributed by atoms with Crippen LogP contribution in [-0.4, -0.2) is 22.9 Å². The highest BCUT2D eigenvalue weighted by Gasteiger charge is 2.24. The zero-order valence-electron chi connectivity index (χ0n) is 13.8. The van der Waals surface area contributed by atoms with E-state index in [1.807, 2.05) is 0 Å². The molecule has 2 aromatic rings. The number of benzene rings is 1. The van der Waals surface area contributed by atoms with Crippen molar-refractivity contribution in [3.63, 3.8) is 0 Å². The van der Waals surface area contributed by atoms with Crippen molar-refractivity contribution < 1.29 is 19.5 Å². The average molecular weight is 415 g/mol. The molecule has 0 bridgehead atoms. The minimum Gasteiger partial charge on any atom is -0.481 e. The molecule has 9 heteroatoms. The van der Waals surface area contributed by atoms with Gasteiger partial charge < -0.3 is 16.2 Å². The second-order valence-electron chi connectivity index (χ2n) is 5.52. The van der Waals surface area contributed by atoms with Gasteiger partial charge in [0.2, 0.25) is 5.91 Å². The van der Waals surface area contributed by atoms with E-state index >= 15 is 0 Å². The van der Waals surface area contributed by atoms with E-state index in [0.717, 1.165) is 4.88 Å². The minimum atomic E-state index is -0.970. The maximum absolute atomic E-state index is 12.0. The van der Waals surface area contributed by atoms with Gasteiger partial charge in [-0.2, -0.15) is 0 Å². The summed E-state index contributed by atoms with van der Waals surface area (Å²) in [6.07, 6.45) is 0.122. The van der Waals surface area contributed by atoms with Crippen LogP contribution in [0.3, 0.4) is 0 Å². The lowest BCUT2D eigenvalue weighted by molar-refractivity contribution is -0.137. The number of carbonyl (C=O) groups is 3. The number of primary amides is 1. The first-order valence-electron chi connectivity index (χ1n) is 7.61. The molecule has 26 heavy (non-hydrogen) atoms. The molecule has 0 aliphatic heterocycles. The van der Waals surface area contributed by atoms with E-state index in [9.17, 15) is 14.4 Å². The Morgan fingerprint density at radius 1 is 1.23 bits per heavy atom. The molecule has 0 unspecified atom stereocenters. The topological polar surface area (TPSA) is 109 Å². The summed E-state index contributed by atoms with van der Waals surface area (Å²) in [7, 11) is 0. The van der Waals surface area contributed by atoms with Gasteiger partial charge in [-0.15, -0.1) is 11.3 Å². The lowest BCUT2D eigenvalue weighted by Crippen LogP contribution is -2.17. The molecule has 1 aromatic carbocycles. The molecule has 0 saturated carbocycles. The van der Waals surface area contributed by atoms with Gasteiger partial charge in [-0.3, -0.25) is 14.4 Å². The number of aliphatic carboxylic acids is 1. The van der Waals surface area contributed by atoms with Crippen molar-refractivity contribution in [3.05, 3.63) is 38.7 Å². The third-order valence-electron chi connectivity index (χ3n) is 3.58. The maximum Gasteiger partial charge on any atom is 0.303 e. The summed E-state index contributed by atoms with van der Waals surface area (Å²) in [4.78, 5) is 35.4. The summed E-state index contributed by atoms with van der Waals surface area (Å²) in [5.74, 6) is -2.05. The molecule has 0 aliphatic carbocycles. The third kappa shape index (κ3) is 4.75. The number of carboxylic acid groups (broad SMARTS) is 1. The summed E-state index contributed by atoms with van der Waals surface area (Å²) in [5, 5.41) is 12.4. The molecular weight excluding hydrogens is 399 g/mol. The number of nitrogens with two attached hydrogens (primary N) is 1. The largest absolute Gasteiger partial charge is 0.481 e. The quantitative estimate of drug-likeness (QED) is 0.626. The van der Waals surface area contributed by atoms with Gasteiger partial charge >= 0.3 is 5.97 Å². The van der Waals surface area contributed by atoms with Gasteiger partial charge in [0.05, 0.1) is 5.56 Å². The van der Waals surface area contributed by atoms with Crippen LogP contribution >= 0.6 is 34.5 Å². The third-order valence-corrected chi connectivity index (χ3v) is 5.15. The summed E-state index contributed by atoms with van der Waals surface area (Å²) in [6.45, 7) is 1.79. The first-order valence-corrected chi connectivity index (χ1v) is 9.18. The molecule has 0 atom stereocenters. The number of halogens is 2. The fourth-order valence-electron chi connectivity index (χ4n) is 2.47. The van der Waals surface area contributed by atoms with Gasteiger partial charge in [0.15, 0.2) is 0 Å². The first-order chi connectivity index (χ1) is 12.2. The van der Waals surface area contributed by atoms with E-state index in [4.69, 9.17) is 34.0 Å². The van der Waals surface area contributed by atoms with Gasteiger partial charge in [-0.25, -0.2) is 0 Å². The van der Waals surface area contributed by atoms with Crippen LogP contribution in [0.2, 0.25) is 10.0 Å². The van der Waals surface area contributed by atoms with Crippen LogP contribution in [0.25, 0.3) is 11.1 Å². The fraction of sp³-hybridized carbons (Fsp3) is 0.235. The van der Waals surface area contributed by atoms with E-state index < -0.39 is 11.9 Å². The van der Waals surface area contributed by atoms with Crippen LogP contribution in [0, 0.1) is 6.92 Å². The van der Waals surface area contributed by atoms with Crippen molar-refractivity contribution in [2.45, 2.75) is 26.2 Å². The molecule has 1 heterocycles. The van der Waals surface area contributed by atoms with E-state index in [0.29, 0.717) is 26.2 Å². The molecule has 4 N–H and O–H groups in total. The van der Waals surface area contributed by atoms with E-state index in [2.05, 4.69) is 5.32 Å². The second-order valence-corrected chi connectivity index (χ2v) is 7.59. The van der Waals surface area contributed by atoms with Crippen LogP contribution in [-0.2, 0) is 9.59 Å². The number of thiophene rings is 1. The standard InChI is InChI=1S/C17H16Cl2N2O4S/c1-8-14(10-6-5-9(18)7-11(10)19)15(16(20)25)17(26-8)21-12(22)3-2-4-13(23)24/h5-7H,2-4H2,1H3,(H2,20,25)(H,21,22)(H,23,24). The summed E-state index contributed by atoms with van der Waals surface area (Å²) in [6, 6.07) is 4.89. The Morgan fingerprint density at radius 2 is 1.92 bits per heavy atom. The Kier molecular flexibility index (Phi) is 6.63. The van der Waals surface area contributed by atoms with Gasteiger partial charge in [-0.05, 0) is 25.5 Å². The van der Waals surface area contributed by atoms with E-state index in [1.54, 1.807) is 25.1 Å². The molecule has 1 aromatic heterocycles. The van der Waals surface area contributed by atoms with Crippen LogP contribution in [0.15, 0.2) is 18.2 Å². The Morgan fingerprint density at radius 3 is 2.50 bits per heavy atom. The van der Waals surface area contributed by atoms with Gasteiger partial charge in [0.1, 0.15) is 5.00 Å². The molecular formula is C17H16Cl2N2O4S. The number of hydrogen-bond acceptors (Lipinski definition) is 4. The van der Waals surface area contributed by atoms with Crippen molar-refractivity contribution in [1.29, 1.82) is 0 Å². The van der Waals surface area contributed by atoms with Gasteiger partial charge in [-0.1, -0.05) is 29.3 Å². The molecule has 0 radical (unpaired) electrons. The molecule has 0 spiro atoms. The predicted octanol–water partition coefficient (Wildman–Crippen LogP) is 4.32. The average Bonchev–Trinajstić information content (AvgIpc) is 2.83. The van der Waals surface area contributed by atoms with Crippen molar-refractivity contribution in [2.24, 2.45) is 5.73 Å². The van der Waals surface area contributed by atoms with E-state index in [-0.39, 0.29) is 30.7 Å². The van der Waals surface area contributed by atoms with Gasteiger partial charge in [0.25, 0.3) is 5.91 Å². The molecule has 2 rings (SSSR count). The lowest BCUT2D eigenvalue weighted by Gasteiger charge is -2.08. The zero-order chi connectivity index (χ0) is 19.4. The van der Waals surface area contributed by atoms with Crippen LogP contribution in [0.4, 0.5) is 5.00 Å². The molecule has 0 fully saturated rings. The number of hydrogen-bond donors (Lipinski definition) is 3. The van der Waals surface area contributed by atoms with E-state index in [1.165, 1.54) is 11.3 Å². The number of aryl methyl sites for hydroxylation is 1. The summed E-state index contributed by atoms with van der Waals surface area (Å²) in [5.41, 5.74) is 6.84.